The highest BCUT2D eigenvalue weighted by molar-refractivity contribution is 6.29. The SMILES string of the molecule is CCOC(=O)/C(O)=C/c1cc(Cl)ncc1[N+](=O)[O-]. The summed E-state index contributed by atoms with van der Waals surface area (Å²) >= 11 is 5.58. The summed E-state index contributed by atoms with van der Waals surface area (Å²) in [4.78, 5) is 24.7. The fraction of sp³-hybridized carbons (Fsp3) is 0.200. The molecule has 0 bridgehead atoms. The lowest BCUT2D eigenvalue weighted by molar-refractivity contribution is -0.385. The van der Waals surface area contributed by atoms with E-state index in [0.29, 0.717) is 0 Å². The topological polar surface area (TPSA) is 103 Å². The first kappa shape index (κ1) is 13.9. The Morgan fingerprint density at radius 3 is 2.94 bits per heavy atom. The van der Waals surface area contributed by atoms with E-state index in [2.05, 4.69) is 9.72 Å². The second-order valence-electron chi connectivity index (χ2n) is 3.07. The van der Waals surface area contributed by atoms with E-state index in [4.69, 9.17) is 11.6 Å². The molecular weight excluding hydrogens is 264 g/mol. The van der Waals surface area contributed by atoms with Crippen molar-refractivity contribution in [1.29, 1.82) is 0 Å². The molecule has 0 fully saturated rings. The van der Waals surface area contributed by atoms with Gasteiger partial charge in [0.25, 0.3) is 5.69 Å². The van der Waals surface area contributed by atoms with Crippen LogP contribution in [0.2, 0.25) is 5.15 Å². The third kappa shape index (κ3) is 3.42. The van der Waals surface area contributed by atoms with E-state index in [1.807, 2.05) is 0 Å². The minimum atomic E-state index is -0.972. The molecule has 0 unspecified atom stereocenters. The first-order valence-corrected chi connectivity index (χ1v) is 5.21. The zero-order chi connectivity index (χ0) is 13.7. The van der Waals surface area contributed by atoms with Gasteiger partial charge in [0.05, 0.1) is 17.1 Å². The summed E-state index contributed by atoms with van der Waals surface area (Å²) in [6.45, 7) is 1.65. The molecule has 1 aromatic rings. The monoisotopic (exact) mass is 272 g/mol. The van der Waals surface area contributed by atoms with Gasteiger partial charge in [0.1, 0.15) is 11.3 Å². The van der Waals surface area contributed by atoms with Crippen LogP contribution in [0, 0.1) is 10.1 Å². The van der Waals surface area contributed by atoms with Crippen LogP contribution in [0.1, 0.15) is 12.5 Å². The molecule has 1 rings (SSSR count). The number of nitro groups is 1. The van der Waals surface area contributed by atoms with Crippen molar-refractivity contribution in [2.45, 2.75) is 6.92 Å². The van der Waals surface area contributed by atoms with Gasteiger partial charge in [0, 0.05) is 6.08 Å². The van der Waals surface area contributed by atoms with E-state index in [1.54, 1.807) is 6.92 Å². The molecule has 7 nitrogen and oxygen atoms in total. The molecule has 1 heterocycles. The Hall–Kier alpha value is -2.15. The number of pyridine rings is 1. The number of aromatic nitrogens is 1. The first-order chi connectivity index (χ1) is 8.45. The Balaban J connectivity index is 3.16. The van der Waals surface area contributed by atoms with E-state index >= 15 is 0 Å². The van der Waals surface area contributed by atoms with Crippen LogP contribution >= 0.6 is 11.6 Å². The summed E-state index contributed by atoms with van der Waals surface area (Å²) in [6.07, 6.45) is 1.84. The van der Waals surface area contributed by atoms with Crippen LogP contribution in [0.5, 0.6) is 0 Å². The van der Waals surface area contributed by atoms with Gasteiger partial charge in [-0.3, -0.25) is 10.1 Å². The molecule has 96 valence electrons. The van der Waals surface area contributed by atoms with Gasteiger partial charge in [-0.05, 0) is 13.0 Å². The lowest BCUT2D eigenvalue weighted by Gasteiger charge is -2.01. The van der Waals surface area contributed by atoms with Crippen molar-refractivity contribution < 1.29 is 19.6 Å². The van der Waals surface area contributed by atoms with Gasteiger partial charge < -0.3 is 9.84 Å². The van der Waals surface area contributed by atoms with E-state index < -0.39 is 16.7 Å². The van der Waals surface area contributed by atoms with E-state index in [1.165, 1.54) is 0 Å². The van der Waals surface area contributed by atoms with Crippen molar-refractivity contribution >= 4 is 29.3 Å². The zero-order valence-corrected chi connectivity index (χ0v) is 10.0. The lowest BCUT2D eigenvalue weighted by atomic mass is 10.2. The minimum absolute atomic E-state index is 0.00325. The van der Waals surface area contributed by atoms with Crippen molar-refractivity contribution in [2.24, 2.45) is 0 Å². The number of ether oxygens (including phenoxy) is 1. The number of halogens is 1. The Bertz CT molecular complexity index is 515. The largest absolute Gasteiger partial charge is 0.502 e. The number of aliphatic hydroxyl groups is 1. The third-order valence-corrected chi connectivity index (χ3v) is 2.06. The van der Waals surface area contributed by atoms with Crippen LogP contribution in [0.25, 0.3) is 6.08 Å². The molecule has 18 heavy (non-hydrogen) atoms. The Morgan fingerprint density at radius 2 is 2.39 bits per heavy atom. The third-order valence-electron chi connectivity index (χ3n) is 1.85. The summed E-state index contributed by atoms with van der Waals surface area (Å²) < 4.78 is 4.53. The molecule has 0 atom stereocenters. The van der Waals surface area contributed by atoms with E-state index in [0.717, 1.165) is 18.3 Å². The minimum Gasteiger partial charge on any atom is -0.502 e. The molecule has 1 N–H and O–H groups in total. The Morgan fingerprint density at radius 1 is 1.72 bits per heavy atom. The van der Waals surface area contributed by atoms with Crippen LogP contribution in [0.15, 0.2) is 18.0 Å². The van der Waals surface area contributed by atoms with Crippen molar-refractivity contribution in [3.63, 3.8) is 0 Å². The normalized spacial score (nSPS) is 11.1. The first-order valence-electron chi connectivity index (χ1n) is 4.83. The number of aliphatic hydroxyl groups excluding tert-OH is 1. The molecule has 0 aliphatic carbocycles. The maximum Gasteiger partial charge on any atom is 0.373 e. The standard InChI is InChI=1S/C10H9ClN2O5/c1-2-18-10(15)8(14)3-6-4-9(11)12-5-7(6)13(16)17/h3-5,14H,2H2,1H3/b8-3-. The van der Waals surface area contributed by atoms with Crippen molar-refractivity contribution in [3.8, 4) is 0 Å². The number of rotatable bonds is 4. The van der Waals surface area contributed by atoms with E-state index in [9.17, 15) is 20.0 Å². The van der Waals surface area contributed by atoms with Gasteiger partial charge in [-0.15, -0.1) is 0 Å². The quantitative estimate of drug-likeness (QED) is 0.225. The highest BCUT2D eigenvalue weighted by Crippen LogP contribution is 2.22. The van der Waals surface area contributed by atoms with Gasteiger partial charge in [0.15, 0.2) is 0 Å². The molecule has 0 aromatic carbocycles. The second-order valence-corrected chi connectivity index (χ2v) is 3.46. The molecule has 0 aliphatic rings. The molecule has 0 aliphatic heterocycles. The predicted molar refractivity (Wildman–Crippen MR) is 63.1 cm³/mol. The molecule has 0 saturated heterocycles. The maximum absolute atomic E-state index is 11.2. The maximum atomic E-state index is 11.2. The predicted octanol–water partition coefficient (Wildman–Crippen LogP) is 2.11. The summed E-state index contributed by atoms with van der Waals surface area (Å²) in [5, 5.41) is 20.1. The molecule has 0 spiro atoms. The Labute approximate surface area is 107 Å². The highest BCUT2D eigenvalue weighted by atomic mass is 35.5. The number of carbonyl (C=O) groups excluding carboxylic acids is 1. The van der Waals surface area contributed by atoms with Crippen LogP contribution in [-0.2, 0) is 9.53 Å². The molecule has 0 radical (unpaired) electrons. The highest BCUT2D eigenvalue weighted by Gasteiger charge is 2.16. The van der Waals surface area contributed by atoms with Crippen LogP contribution < -0.4 is 0 Å². The van der Waals surface area contributed by atoms with Crippen LogP contribution in [-0.4, -0.2) is 27.6 Å². The van der Waals surface area contributed by atoms with Crippen molar-refractivity contribution in [1.82, 2.24) is 4.98 Å². The number of nitrogens with zero attached hydrogens (tertiary/aromatic N) is 2. The molecule has 1 aromatic heterocycles. The zero-order valence-electron chi connectivity index (χ0n) is 9.29. The second kappa shape index (κ2) is 5.97. The fourth-order valence-electron chi connectivity index (χ4n) is 1.12. The summed E-state index contributed by atoms with van der Waals surface area (Å²) in [6, 6.07) is 1.16. The summed E-state index contributed by atoms with van der Waals surface area (Å²) in [5.41, 5.74) is -0.416. The number of carbonyl (C=O) groups is 1. The lowest BCUT2D eigenvalue weighted by Crippen LogP contribution is -2.07. The number of esters is 1. The average Bonchev–Trinajstić information content (AvgIpc) is 2.28. The average molecular weight is 273 g/mol. The van der Waals surface area contributed by atoms with Gasteiger partial charge in [-0.1, -0.05) is 11.6 Å². The molecule has 0 amide bonds. The van der Waals surface area contributed by atoms with Gasteiger partial charge in [-0.25, -0.2) is 9.78 Å². The smallest absolute Gasteiger partial charge is 0.373 e. The molecule has 8 heteroatoms. The van der Waals surface area contributed by atoms with Crippen LogP contribution in [0.4, 0.5) is 5.69 Å². The van der Waals surface area contributed by atoms with Gasteiger partial charge >= 0.3 is 5.97 Å². The summed E-state index contributed by atoms with van der Waals surface area (Å²) in [5.74, 6) is -1.72. The van der Waals surface area contributed by atoms with Crippen LogP contribution in [0.3, 0.4) is 0 Å². The van der Waals surface area contributed by atoms with E-state index in [-0.39, 0.29) is 23.0 Å². The van der Waals surface area contributed by atoms with Gasteiger partial charge in [-0.2, -0.15) is 0 Å². The van der Waals surface area contributed by atoms with Crippen molar-refractivity contribution in [3.05, 3.63) is 38.9 Å². The van der Waals surface area contributed by atoms with Crippen molar-refractivity contribution in [2.75, 3.05) is 6.61 Å². The fourth-order valence-corrected chi connectivity index (χ4v) is 1.28. The number of hydrogen-bond donors (Lipinski definition) is 1. The Kier molecular flexibility index (Phi) is 4.61. The van der Waals surface area contributed by atoms with Gasteiger partial charge in [0.2, 0.25) is 5.76 Å². The molecule has 0 saturated carbocycles. The summed E-state index contributed by atoms with van der Waals surface area (Å²) in [7, 11) is 0. The molecular formula is C10H9ClN2O5. The number of hydrogen-bond acceptors (Lipinski definition) is 6.